The Balaban J connectivity index is 1.82. The smallest absolute Gasteiger partial charge is 0.134 e. The predicted octanol–water partition coefficient (Wildman–Crippen LogP) is 2.31. The van der Waals surface area contributed by atoms with Crippen LogP contribution in [0, 0.1) is 6.92 Å². The minimum Gasteiger partial charge on any atom is -0.370 e. The molecule has 2 heterocycles. The monoisotopic (exact) mass is 274 g/mol. The summed E-state index contributed by atoms with van der Waals surface area (Å²) in [6.07, 6.45) is 7.45. The Morgan fingerprint density at radius 3 is 2.55 bits per heavy atom. The van der Waals surface area contributed by atoms with Crippen LogP contribution in [0.2, 0.25) is 0 Å². The van der Waals surface area contributed by atoms with E-state index in [9.17, 15) is 0 Å². The molecule has 0 saturated heterocycles. The maximum Gasteiger partial charge on any atom is 0.134 e. The molecule has 2 aromatic rings. The summed E-state index contributed by atoms with van der Waals surface area (Å²) in [5.74, 6) is 1.82. The Morgan fingerprint density at radius 2 is 1.90 bits per heavy atom. The molecule has 0 radical (unpaired) electrons. The molecule has 0 bridgehead atoms. The summed E-state index contributed by atoms with van der Waals surface area (Å²) < 4.78 is 1.93. The summed E-state index contributed by atoms with van der Waals surface area (Å²) >= 11 is 0. The number of aromatic nitrogens is 4. The molecule has 20 heavy (non-hydrogen) atoms. The van der Waals surface area contributed by atoms with E-state index in [0.717, 1.165) is 49.7 Å². The molecule has 2 rings (SSSR count). The van der Waals surface area contributed by atoms with Gasteiger partial charge in [-0.3, -0.25) is 4.68 Å². The summed E-state index contributed by atoms with van der Waals surface area (Å²) in [4.78, 5) is 8.57. The maximum atomic E-state index is 4.30. The molecule has 0 aliphatic heterocycles. The first-order valence-electron chi connectivity index (χ1n) is 7.08. The van der Waals surface area contributed by atoms with Crippen molar-refractivity contribution in [1.82, 2.24) is 19.7 Å². The van der Waals surface area contributed by atoms with Gasteiger partial charge in [0.25, 0.3) is 0 Å². The van der Waals surface area contributed by atoms with Crippen molar-refractivity contribution in [3.63, 3.8) is 0 Å². The third-order valence-corrected chi connectivity index (χ3v) is 3.04. The Hall–Kier alpha value is -2.11. The van der Waals surface area contributed by atoms with Crippen LogP contribution in [-0.4, -0.2) is 32.8 Å². The minimum absolute atomic E-state index is 0.866. The number of hydrogen-bond donors (Lipinski definition) is 2. The first-order valence-corrected chi connectivity index (χ1v) is 7.08. The molecule has 6 nitrogen and oxygen atoms in total. The molecule has 0 amide bonds. The number of nitrogens with zero attached hydrogens (tertiary/aromatic N) is 4. The van der Waals surface area contributed by atoms with Crippen LogP contribution in [0.15, 0.2) is 24.8 Å². The molecule has 108 valence electrons. The second-order valence-corrected chi connectivity index (χ2v) is 4.67. The molecule has 0 aliphatic carbocycles. The molecule has 2 aromatic heterocycles. The number of aryl methyl sites for hydroxylation is 1. The highest BCUT2D eigenvalue weighted by molar-refractivity contribution is 5.56. The normalized spacial score (nSPS) is 10.5. The summed E-state index contributed by atoms with van der Waals surface area (Å²) in [6, 6.07) is 1.94. The molecule has 6 heteroatoms. The topological polar surface area (TPSA) is 67.7 Å². The van der Waals surface area contributed by atoms with Gasteiger partial charge >= 0.3 is 0 Å². The van der Waals surface area contributed by atoms with Gasteiger partial charge in [-0.25, -0.2) is 9.97 Å². The molecule has 0 aromatic carbocycles. The van der Waals surface area contributed by atoms with Gasteiger partial charge in [0.2, 0.25) is 0 Å². The lowest BCUT2D eigenvalue weighted by Crippen LogP contribution is -2.11. The van der Waals surface area contributed by atoms with Crippen LogP contribution in [0.5, 0.6) is 0 Å². The average molecular weight is 274 g/mol. The molecule has 0 aliphatic rings. The fourth-order valence-corrected chi connectivity index (χ4v) is 1.93. The van der Waals surface area contributed by atoms with Crippen LogP contribution in [0.3, 0.4) is 0 Å². The highest BCUT2D eigenvalue weighted by Gasteiger charge is 2.05. The molecule has 0 unspecified atom stereocenters. The SMILES string of the molecule is CCCNc1ncnc(NCCCn2cccn2)c1C. The Bertz CT molecular complexity index is 508. The van der Waals surface area contributed by atoms with Crippen molar-refractivity contribution >= 4 is 11.6 Å². The van der Waals surface area contributed by atoms with E-state index in [0.29, 0.717) is 0 Å². The minimum atomic E-state index is 0.866. The Morgan fingerprint density at radius 1 is 1.15 bits per heavy atom. The van der Waals surface area contributed by atoms with Gasteiger partial charge in [0, 0.05) is 37.6 Å². The molecule has 0 atom stereocenters. The van der Waals surface area contributed by atoms with E-state index in [1.54, 1.807) is 12.5 Å². The summed E-state index contributed by atoms with van der Waals surface area (Å²) in [6.45, 7) is 6.87. The Kier molecular flexibility index (Phi) is 5.34. The summed E-state index contributed by atoms with van der Waals surface area (Å²) in [5, 5.41) is 10.8. The van der Waals surface area contributed by atoms with E-state index in [-0.39, 0.29) is 0 Å². The van der Waals surface area contributed by atoms with E-state index < -0.39 is 0 Å². The first kappa shape index (κ1) is 14.3. The molecular formula is C14H22N6. The maximum absolute atomic E-state index is 4.30. The van der Waals surface area contributed by atoms with Crippen molar-refractivity contribution in [1.29, 1.82) is 0 Å². The van der Waals surface area contributed by atoms with Gasteiger partial charge in [0.05, 0.1) is 0 Å². The van der Waals surface area contributed by atoms with Crippen molar-refractivity contribution < 1.29 is 0 Å². The van der Waals surface area contributed by atoms with Crippen LogP contribution in [0.25, 0.3) is 0 Å². The zero-order valence-corrected chi connectivity index (χ0v) is 12.1. The first-order chi connectivity index (χ1) is 9.81. The molecule has 0 fully saturated rings. The zero-order valence-electron chi connectivity index (χ0n) is 12.1. The van der Waals surface area contributed by atoms with E-state index in [1.165, 1.54) is 0 Å². The average Bonchev–Trinajstić information content (AvgIpc) is 2.97. The van der Waals surface area contributed by atoms with Gasteiger partial charge in [0.1, 0.15) is 18.0 Å². The Labute approximate surface area is 119 Å². The van der Waals surface area contributed by atoms with Gasteiger partial charge in [0.15, 0.2) is 0 Å². The van der Waals surface area contributed by atoms with Crippen LogP contribution >= 0.6 is 0 Å². The molecule has 0 saturated carbocycles. The molecule has 2 N–H and O–H groups in total. The van der Waals surface area contributed by atoms with Gasteiger partial charge < -0.3 is 10.6 Å². The second-order valence-electron chi connectivity index (χ2n) is 4.67. The third-order valence-electron chi connectivity index (χ3n) is 3.04. The lowest BCUT2D eigenvalue weighted by atomic mass is 10.3. The zero-order chi connectivity index (χ0) is 14.2. The van der Waals surface area contributed by atoms with Crippen molar-refractivity contribution in [3.05, 3.63) is 30.4 Å². The number of anilines is 2. The number of nitrogens with one attached hydrogen (secondary N) is 2. The lowest BCUT2D eigenvalue weighted by Gasteiger charge is -2.12. The predicted molar refractivity (Wildman–Crippen MR) is 80.9 cm³/mol. The molecule has 0 spiro atoms. The number of rotatable bonds is 8. The van der Waals surface area contributed by atoms with Gasteiger partial charge in [-0.1, -0.05) is 6.92 Å². The molecular weight excluding hydrogens is 252 g/mol. The summed E-state index contributed by atoms with van der Waals surface area (Å²) in [5.41, 5.74) is 1.07. The van der Waals surface area contributed by atoms with Gasteiger partial charge in [-0.05, 0) is 25.8 Å². The van der Waals surface area contributed by atoms with Gasteiger partial charge in [-0.2, -0.15) is 5.10 Å². The quantitative estimate of drug-likeness (QED) is 0.723. The van der Waals surface area contributed by atoms with E-state index in [1.807, 2.05) is 23.9 Å². The number of hydrogen-bond acceptors (Lipinski definition) is 5. The highest BCUT2D eigenvalue weighted by Crippen LogP contribution is 2.17. The van der Waals surface area contributed by atoms with E-state index >= 15 is 0 Å². The summed E-state index contributed by atoms with van der Waals surface area (Å²) in [7, 11) is 0. The van der Waals surface area contributed by atoms with Crippen molar-refractivity contribution in [3.8, 4) is 0 Å². The van der Waals surface area contributed by atoms with Gasteiger partial charge in [-0.15, -0.1) is 0 Å². The van der Waals surface area contributed by atoms with Crippen molar-refractivity contribution in [2.75, 3.05) is 23.7 Å². The standard InChI is InChI=1S/C14H22N6/c1-3-6-15-13-12(2)14(18-11-17-13)16-7-4-9-20-10-5-8-19-20/h5,8,10-11H,3-4,6-7,9H2,1-2H3,(H2,15,16,17,18). The fraction of sp³-hybridized carbons (Fsp3) is 0.500. The second kappa shape index (κ2) is 7.47. The van der Waals surface area contributed by atoms with E-state index in [2.05, 4.69) is 32.6 Å². The van der Waals surface area contributed by atoms with Crippen LogP contribution in [-0.2, 0) is 6.54 Å². The van der Waals surface area contributed by atoms with Crippen molar-refractivity contribution in [2.24, 2.45) is 0 Å². The largest absolute Gasteiger partial charge is 0.370 e. The van der Waals surface area contributed by atoms with Crippen molar-refractivity contribution in [2.45, 2.75) is 33.2 Å². The van der Waals surface area contributed by atoms with Crippen LogP contribution < -0.4 is 10.6 Å². The van der Waals surface area contributed by atoms with Crippen LogP contribution in [0.1, 0.15) is 25.3 Å². The van der Waals surface area contributed by atoms with Crippen LogP contribution in [0.4, 0.5) is 11.6 Å². The fourth-order valence-electron chi connectivity index (χ4n) is 1.93. The lowest BCUT2D eigenvalue weighted by molar-refractivity contribution is 0.591. The van der Waals surface area contributed by atoms with E-state index in [4.69, 9.17) is 0 Å². The highest BCUT2D eigenvalue weighted by atomic mass is 15.3. The third kappa shape index (κ3) is 3.94.